The molecule has 0 radical (unpaired) electrons. The van der Waals surface area contributed by atoms with Gasteiger partial charge < -0.3 is 10.6 Å². The van der Waals surface area contributed by atoms with E-state index in [4.69, 9.17) is 11.6 Å². The first-order valence-electron chi connectivity index (χ1n) is 11.2. The summed E-state index contributed by atoms with van der Waals surface area (Å²) < 4.78 is 1.30. The fourth-order valence-corrected chi connectivity index (χ4v) is 3.88. The van der Waals surface area contributed by atoms with E-state index in [-0.39, 0.29) is 5.69 Å². The molecule has 178 valence electrons. The van der Waals surface area contributed by atoms with Crippen LogP contribution in [0.25, 0.3) is 10.9 Å². The molecule has 7 nitrogen and oxygen atoms in total. The number of halogens is 1. The fourth-order valence-electron chi connectivity index (χ4n) is 3.69. The van der Waals surface area contributed by atoms with Crippen molar-refractivity contribution in [2.24, 2.45) is 0 Å². The number of nitrogens with zero attached hydrogens (tertiary/aromatic N) is 1. The van der Waals surface area contributed by atoms with Crippen molar-refractivity contribution >= 4 is 51.6 Å². The zero-order valence-electron chi connectivity index (χ0n) is 19.6. The van der Waals surface area contributed by atoms with E-state index in [1.165, 1.54) is 4.68 Å². The second-order valence-corrected chi connectivity index (χ2v) is 8.72. The van der Waals surface area contributed by atoms with Crippen LogP contribution in [0, 0.1) is 13.8 Å². The highest BCUT2D eigenvalue weighted by atomic mass is 35.5. The molecule has 0 aliphatic rings. The summed E-state index contributed by atoms with van der Waals surface area (Å²) >= 11 is 6.13. The molecule has 3 aromatic carbocycles. The van der Waals surface area contributed by atoms with E-state index in [0.717, 1.165) is 23.1 Å². The maximum Gasteiger partial charge on any atom is 0.328 e. The van der Waals surface area contributed by atoms with E-state index in [2.05, 4.69) is 23.0 Å². The number of fused-ring (bicyclic) bond motifs is 1. The van der Waals surface area contributed by atoms with Gasteiger partial charge in [0.1, 0.15) is 5.69 Å². The molecule has 3 N–H and O–H groups in total. The summed E-state index contributed by atoms with van der Waals surface area (Å²) in [6.45, 7) is 5.79. The first-order chi connectivity index (χ1) is 16.7. The average molecular weight is 489 g/mol. The van der Waals surface area contributed by atoms with Gasteiger partial charge in [0.05, 0.1) is 5.52 Å². The summed E-state index contributed by atoms with van der Waals surface area (Å²) in [5.74, 6) is -2.22. The lowest BCUT2D eigenvalue weighted by Gasteiger charge is -2.14. The van der Waals surface area contributed by atoms with Gasteiger partial charge in [-0.1, -0.05) is 42.8 Å². The fraction of sp³-hybridized carbons (Fsp3) is 0.148. The van der Waals surface area contributed by atoms with Crippen LogP contribution in [-0.2, 0) is 16.0 Å². The molecule has 0 spiro atoms. The lowest BCUT2D eigenvalue weighted by Crippen LogP contribution is -2.36. The Balaban J connectivity index is 1.62. The van der Waals surface area contributed by atoms with Crippen LogP contribution in [0.15, 0.2) is 66.7 Å². The number of benzene rings is 3. The molecule has 0 aliphatic heterocycles. The van der Waals surface area contributed by atoms with Crippen molar-refractivity contribution in [3.63, 3.8) is 0 Å². The Morgan fingerprint density at radius 3 is 2.31 bits per heavy atom. The minimum atomic E-state index is -0.917. The largest absolute Gasteiger partial charge is 0.328 e. The Hall–Kier alpha value is -4.10. The topological polar surface area (TPSA) is 92.2 Å². The van der Waals surface area contributed by atoms with Gasteiger partial charge in [0.25, 0.3) is 5.91 Å². The van der Waals surface area contributed by atoms with Crippen LogP contribution >= 0.6 is 11.6 Å². The number of carbonyl (C=O) groups excluding carboxylic acids is 3. The minimum absolute atomic E-state index is 0.148. The van der Waals surface area contributed by atoms with E-state index < -0.39 is 17.7 Å². The molecule has 3 amide bonds. The number of amides is 3. The van der Waals surface area contributed by atoms with Gasteiger partial charge in [0.2, 0.25) is 0 Å². The van der Waals surface area contributed by atoms with Gasteiger partial charge in [-0.15, -0.1) is 0 Å². The number of nitrogens with one attached hydrogen (secondary N) is 3. The van der Waals surface area contributed by atoms with E-state index in [9.17, 15) is 14.4 Å². The first-order valence-corrected chi connectivity index (χ1v) is 11.5. The highest BCUT2D eigenvalue weighted by Crippen LogP contribution is 2.24. The summed E-state index contributed by atoms with van der Waals surface area (Å²) in [7, 11) is 0. The normalized spacial score (nSPS) is 10.7. The monoisotopic (exact) mass is 488 g/mol. The quantitative estimate of drug-likeness (QED) is 0.327. The molecule has 35 heavy (non-hydrogen) atoms. The summed E-state index contributed by atoms with van der Waals surface area (Å²) in [5.41, 5.74) is 7.30. The third-order valence-corrected chi connectivity index (χ3v) is 5.91. The minimum Gasteiger partial charge on any atom is -0.321 e. The van der Waals surface area contributed by atoms with Crippen LogP contribution in [0.3, 0.4) is 0 Å². The molecular weight excluding hydrogens is 464 g/mol. The van der Waals surface area contributed by atoms with Crippen molar-refractivity contribution in [2.45, 2.75) is 27.2 Å². The Morgan fingerprint density at radius 1 is 0.857 bits per heavy atom. The van der Waals surface area contributed by atoms with Crippen LogP contribution in [0.2, 0.25) is 5.02 Å². The average Bonchev–Trinajstić information content (AvgIpc) is 3.19. The van der Waals surface area contributed by atoms with Crippen LogP contribution in [-0.4, -0.2) is 22.4 Å². The van der Waals surface area contributed by atoms with E-state index >= 15 is 0 Å². The van der Waals surface area contributed by atoms with Crippen molar-refractivity contribution in [3.05, 3.63) is 94.1 Å². The SMILES string of the molecule is CCc1ccc(NC(=O)c2cc3cc(Cl)ccc3n2NC(=O)C(=O)Nc2cc(C)ccc2C)cc1. The van der Waals surface area contributed by atoms with Gasteiger partial charge in [-0.05, 0) is 79.4 Å². The van der Waals surface area contributed by atoms with Gasteiger partial charge in [-0.2, -0.15) is 0 Å². The third-order valence-electron chi connectivity index (χ3n) is 5.68. The number of aromatic nitrogens is 1. The predicted molar refractivity (Wildman–Crippen MR) is 140 cm³/mol. The molecule has 1 heterocycles. The molecule has 1 aromatic heterocycles. The van der Waals surface area contributed by atoms with Crippen LogP contribution in [0.1, 0.15) is 34.1 Å². The lowest BCUT2D eigenvalue weighted by molar-refractivity contribution is -0.133. The molecule has 0 fully saturated rings. The van der Waals surface area contributed by atoms with Crippen molar-refractivity contribution in [3.8, 4) is 0 Å². The van der Waals surface area contributed by atoms with Gasteiger partial charge in [0.15, 0.2) is 0 Å². The second-order valence-electron chi connectivity index (χ2n) is 8.29. The van der Waals surface area contributed by atoms with E-state index in [1.807, 2.05) is 50.2 Å². The summed E-state index contributed by atoms with van der Waals surface area (Å²) in [5, 5.41) is 6.59. The Labute approximate surface area is 208 Å². The summed E-state index contributed by atoms with van der Waals surface area (Å²) in [6.07, 6.45) is 0.888. The second kappa shape index (κ2) is 10.0. The number of anilines is 2. The van der Waals surface area contributed by atoms with Crippen molar-refractivity contribution in [1.82, 2.24) is 4.68 Å². The molecule has 0 atom stereocenters. The maximum absolute atomic E-state index is 13.2. The van der Waals surface area contributed by atoms with Gasteiger partial charge >= 0.3 is 11.8 Å². The molecule has 4 rings (SSSR count). The summed E-state index contributed by atoms with van der Waals surface area (Å²) in [4.78, 5) is 38.6. The third kappa shape index (κ3) is 5.36. The number of carbonyl (C=O) groups is 3. The highest BCUT2D eigenvalue weighted by molar-refractivity contribution is 6.42. The molecular formula is C27H25ClN4O3. The first kappa shape index (κ1) is 24.0. The van der Waals surface area contributed by atoms with Crippen LogP contribution < -0.4 is 16.1 Å². The molecule has 0 saturated heterocycles. The summed E-state index contributed by atoms with van der Waals surface area (Å²) in [6, 6.07) is 19.7. The van der Waals surface area contributed by atoms with Crippen LogP contribution in [0.5, 0.6) is 0 Å². The number of aryl methyl sites for hydroxylation is 3. The van der Waals surface area contributed by atoms with Crippen LogP contribution in [0.4, 0.5) is 11.4 Å². The molecule has 0 bridgehead atoms. The molecule has 4 aromatic rings. The smallest absolute Gasteiger partial charge is 0.321 e. The van der Waals surface area contributed by atoms with Gasteiger partial charge in [0, 0.05) is 21.8 Å². The highest BCUT2D eigenvalue weighted by Gasteiger charge is 2.21. The molecule has 8 heteroatoms. The van der Waals surface area contributed by atoms with Gasteiger partial charge in [-0.25, -0.2) is 4.68 Å². The maximum atomic E-state index is 13.2. The molecule has 0 saturated carbocycles. The zero-order valence-corrected chi connectivity index (χ0v) is 20.4. The number of rotatable bonds is 5. The number of hydrogen-bond donors (Lipinski definition) is 3. The van der Waals surface area contributed by atoms with Gasteiger partial charge in [-0.3, -0.25) is 19.8 Å². The number of hydrogen-bond acceptors (Lipinski definition) is 3. The molecule has 0 aliphatic carbocycles. The van der Waals surface area contributed by atoms with Crippen molar-refractivity contribution < 1.29 is 14.4 Å². The molecule has 0 unspecified atom stereocenters. The Kier molecular flexibility index (Phi) is 6.89. The predicted octanol–water partition coefficient (Wildman–Crippen LogP) is 5.44. The van der Waals surface area contributed by atoms with E-state index in [0.29, 0.717) is 27.3 Å². The standard InChI is InChI=1S/C27H25ClN4O3/c1-4-18-7-10-21(11-8-18)29-25(33)24-15-19-14-20(28)9-12-23(19)32(24)31-27(35)26(34)30-22-13-16(2)5-6-17(22)3/h5-15H,4H2,1-3H3,(H,29,33)(H,30,34)(H,31,35). The van der Waals surface area contributed by atoms with Crippen molar-refractivity contribution in [2.75, 3.05) is 16.1 Å². The lowest BCUT2D eigenvalue weighted by atomic mass is 10.1. The zero-order chi connectivity index (χ0) is 25.1. The Bertz CT molecular complexity index is 1440. The van der Waals surface area contributed by atoms with Crippen molar-refractivity contribution in [1.29, 1.82) is 0 Å². The Morgan fingerprint density at radius 2 is 1.60 bits per heavy atom. The van der Waals surface area contributed by atoms with E-state index in [1.54, 1.807) is 30.3 Å².